The summed E-state index contributed by atoms with van der Waals surface area (Å²) in [4.78, 5) is 18.8. The third-order valence-electron chi connectivity index (χ3n) is 4.41. The Morgan fingerprint density at radius 3 is 2.60 bits per heavy atom. The molecule has 2 rings (SSSR count). The van der Waals surface area contributed by atoms with Gasteiger partial charge in [0.1, 0.15) is 0 Å². The molecule has 6 heteroatoms. The number of amides is 1. The Bertz CT molecular complexity index is 622. The molecule has 1 aliphatic rings. The van der Waals surface area contributed by atoms with Crippen LogP contribution >= 0.6 is 11.6 Å². The summed E-state index contributed by atoms with van der Waals surface area (Å²) in [6, 6.07) is 5.61. The number of anilines is 1. The highest BCUT2D eigenvalue weighted by Crippen LogP contribution is 2.23. The van der Waals surface area contributed by atoms with Crippen molar-refractivity contribution < 1.29 is 4.79 Å². The molecule has 0 saturated carbocycles. The number of halogens is 1. The van der Waals surface area contributed by atoms with Crippen LogP contribution in [0.15, 0.2) is 23.2 Å². The summed E-state index contributed by atoms with van der Waals surface area (Å²) in [6.45, 7) is 9.07. The summed E-state index contributed by atoms with van der Waals surface area (Å²) in [5.41, 5.74) is 1.72. The third kappa shape index (κ3) is 5.92. The fourth-order valence-corrected chi connectivity index (χ4v) is 3.67. The first-order valence-electron chi connectivity index (χ1n) is 8.90. The van der Waals surface area contributed by atoms with Crippen LogP contribution < -0.4 is 10.6 Å². The first-order chi connectivity index (χ1) is 11.9. The Balaban J connectivity index is 1.81. The number of hydrogen-bond acceptors (Lipinski definition) is 2. The molecule has 2 N–H and O–H groups in total. The number of aliphatic imine (C=N–C) groups is 1. The average Bonchev–Trinajstić information content (AvgIpc) is 2.53. The molecule has 25 heavy (non-hydrogen) atoms. The second kappa shape index (κ2) is 9.09. The lowest BCUT2D eigenvalue weighted by atomic mass is 9.92. The summed E-state index contributed by atoms with van der Waals surface area (Å²) < 4.78 is 0. The highest BCUT2D eigenvalue weighted by molar-refractivity contribution is 6.33. The van der Waals surface area contributed by atoms with E-state index in [0.717, 1.165) is 24.6 Å². The van der Waals surface area contributed by atoms with Crippen LogP contribution in [0.25, 0.3) is 0 Å². The molecule has 0 aromatic heterocycles. The van der Waals surface area contributed by atoms with Gasteiger partial charge < -0.3 is 15.5 Å². The largest absolute Gasteiger partial charge is 0.356 e. The van der Waals surface area contributed by atoms with Gasteiger partial charge in [-0.25, -0.2) is 0 Å². The Labute approximate surface area is 155 Å². The highest BCUT2D eigenvalue weighted by atomic mass is 35.5. The quantitative estimate of drug-likeness (QED) is 0.634. The number of guanidine groups is 1. The number of benzene rings is 1. The maximum atomic E-state index is 12.1. The summed E-state index contributed by atoms with van der Waals surface area (Å²) in [5.74, 6) is 2.14. The highest BCUT2D eigenvalue weighted by Gasteiger charge is 2.23. The number of nitrogens with one attached hydrogen (secondary N) is 2. The number of likely N-dealkylation sites (tertiary alicyclic amines) is 1. The lowest BCUT2D eigenvalue weighted by Gasteiger charge is -2.37. The standard InChI is InChI=1S/C19H29ClN4O/c1-13-5-6-17(16(20)10-13)23-18(25)7-8-22-19(21-4)24-11-14(2)9-15(3)12-24/h5-6,10,14-15H,7-9,11-12H2,1-4H3,(H,21,22)(H,23,25). The van der Waals surface area contributed by atoms with Crippen molar-refractivity contribution in [2.24, 2.45) is 16.8 Å². The zero-order valence-electron chi connectivity index (χ0n) is 15.6. The molecule has 138 valence electrons. The van der Waals surface area contributed by atoms with Crippen molar-refractivity contribution in [3.05, 3.63) is 28.8 Å². The average molecular weight is 365 g/mol. The SMILES string of the molecule is CN=C(NCCC(=O)Nc1ccc(C)cc1Cl)N1CC(C)CC(C)C1. The van der Waals surface area contributed by atoms with Gasteiger partial charge in [0.25, 0.3) is 0 Å². The molecule has 0 aliphatic carbocycles. The number of rotatable bonds is 4. The van der Waals surface area contributed by atoms with Crippen LogP contribution in [0.5, 0.6) is 0 Å². The van der Waals surface area contributed by atoms with Gasteiger partial charge in [-0.05, 0) is 42.9 Å². The van der Waals surface area contributed by atoms with Gasteiger partial charge >= 0.3 is 0 Å². The van der Waals surface area contributed by atoms with Crippen molar-refractivity contribution in [2.75, 3.05) is 32.0 Å². The van der Waals surface area contributed by atoms with E-state index in [4.69, 9.17) is 11.6 Å². The van der Waals surface area contributed by atoms with E-state index in [1.54, 1.807) is 7.05 Å². The summed E-state index contributed by atoms with van der Waals surface area (Å²) in [5, 5.41) is 6.72. The monoisotopic (exact) mass is 364 g/mol. The molecule has 1 fully saturated rings. The minimum atomic E-state index is -0.0610. The van der Waals surface area contributed by atoms with Gasteiger partial charge in [-0.3, -0.25) is 9.79 Å². The van der Waals surface area contributed by atoms with Crippen LogP contribution in [0.1, 0.15) is 32.3 Å². The second-order valence-electron chi connectivity index (χ2n) is 7.11. The van der Waals surface area contributed by atoms with Gasteiger partial charge in [0.2, 0.25) is 5.91 Å². The first kappa shape index (κ1) is 19.6. The van der Waals surface area contributed by atoms with Crippen molar-refractivity contribution in [3.63, 3.8) is 0 Å². The normalized spacial score (nSPS) is 21.2. The number of nitrogens with zero attached hydrogens (tertiary/aromatic N) is 2. The van der Waals surface area contributed by atoms with Gasteiger partial charge in [0.05, 0.1) is 10.7 Å². The number of carbonyl (C=O) groups is 1. The Morgan fingerprint density at radius 1 is 1.32 bits per heavy atom. The van der Waals surface area contributed by atoms with Crippen LogP contribution in [0.2, 0.25) is 5.02 Å². The molecule has 2 atom stereocenters. The lowest BCUT2D eigenvalue weighted by Crippen LogP contribution is -2.48. The molecule has 0 spiro atoms. The van der Waals surface area contributed by atoms with E-state index >= 15 is 0 Å². The third-order valence-corrected chi connectivity index (χ3v) is 4.73. The fraction of sp³-hybridized carbons (Fsp3) is 0.579. The van der Waals surface area contributed by atoms with E-state index in [-0.39, 0.29) is 5.91 Å². The molecule has 1 aromatic carbocycles. The molecular weight excluding hydrogens is 336 g/mol. The summed E-state index contributed by atoms with van der Waals surface area (Å²) in [6.07, 6.45) is 1.62. The van der Waals surface area contributed by atoms with Crippen LogP contribution in [-0.4, -0.2) is 43.4 Å². The van der Waals surface area contributed by atoms with Gasteiger partial charge in [0.15, 0.2) is 5.96 Å². The van der Waals surface area contributed by atoms with Gasteiger partial charge in [-0.15, -0.1) is 0 Å². The van der Waals surface area contributed by atoms with Crippen molar-refractivity contribution in [3.8, 4) is 0 Å². The molecule has 0 radical (unpaired) electrons. The number of piperidine rings is 1. The minimum Gasteiger partial charge on any atom is -0.356 e. The topological polar surface area (TPSA) is 56.7 Å². The summed E-state index contributed by atoms with van der Waals surface area (Å²) in [7, 11) is 1.79. The van der Waals surface area contributed by atoms with E-state index in [1.807, 2.05) is 25.1 Å². The zero-order valence-corrected chi connectivity index (χ0v) is 16.4. The van der Waals surface area contributed by atoms with Gasteiger partial charge in [-0.1, -0.05) is 31.5 Å². The molecule has 1 saturated heterocycles. The summed E-state index contributed by atoms with van der Waals surface area (Å²) >= 11 is 6.15. The second-order valence-corrected chi connectivity index (χ2v) is 7.51. The van der Waals surface area contributed by atoms with Crippen LogP contribution in [0, 0.1) is 18.8 Å². The molecule has 1 heterocycles. The maximum absolute atomic E-state index is 12.1. The van der Waals surface area contributed by atoms with Crippen molar-refractivity contribution in [1.82, 2.24) is 10.2 Å². The Morgan fingerprint density at radius 2 is 2.00 bits per heavy atom. The molecule has 2 unspecified atom stereocenters. The van der Waals surface area contributed by atoms with Crippen molar-refractivity contribution in [1.29, 1.82) is 0 Å². The smallest absolute Gasteiger partial charge is 0.226 e. The molecule has 1 aromatic rings. The van der Waals surface area contributed by atoms with E-state index in [2.05, 4.69) is 34.4 Å². The number of carbonyl (C=O) groups excluding carboxylic acids is 1. The zero-order chi connectivity index (χ0) is 18.4. The first-order valence-corrected chi connectivity index (χ1v) is 9.28. The predicted octanol–water partition coefficient (Wildman–Crippen LogP) is 3.53. The van der Waals surface area contributed by atoms with E-state index in [1.165, 1.54) is 6.42 Å². The van der Waals surface area contributed by atoms with Gasteiger partial charge in [-0.2, -0.15) is 0 Å². The fourth-order valence-electron chi connectivity index (χ4n) is 3.39. The molecular formula is C19H29ClN4O. The minimum absolute atomic E-state index is 0.0610. The van der Waals surface area contributed by atoms with Crippen LogP contribution in [0.3, 0.4) is 0 Å². The predicted molar refractivity (Wildman–Crippen MR) is 105 cm³/mol. The van der Waals surface area contributed by atoms with Crippen LogP contribution in [-0.2, 0) is 4.79 Å². The van der Waals surface area contributed by atoms with Crippen molar-refractivity contribution in [2.45, 2.75) is 33.6 Å². The number of hydrogen-bond donors (Lipinski definition) is 2. The number of aryl methyl sites for hydroxylation is 1. The Hall–Kier alpha value is -1.75. The van der Waals surface area contributed by atoms with E-state index in [0.29, 0.717) is 35.5 Å². The van der Waals surface area contributed by atoms with Crippen LogP contribution in [0.4, 0.5) is 5.69 Å². The maximum Gasteiger partial charge on any atom is 0.226 e. The molecule has 0 bridgehead atoms. The Kier molecular flexibility index (Phi) is 7.12. The van der Waals surface area contributed by atoms with E-state index < -0.39 is 0 Å². The van der Waals surface area contributed by atoms with Crippen molar-refractivity contribution >= 4 is 29.2 Å². The lowest BCUT2D eigenvalue weighted by molar-refractivity contribution is -0.116. The molecule has 5 nitrogen and oxygen atoms in total. The van der Waals surface area contributed by atoms with E-state index in [9.17, 15) is 4.79 Å². The van der Waals surface area contributed by atoms with Gasteiger partial charge in [0, 0.05) is 33.1 Å². The molecule has 1 aliphatic heterocycles. The molecule has 1 amide bonds.